The number of carbonyl (C=O) groups excluding carboxylic acids is 2. The van der Waals surface area contributed by atoms with Crippen molar-refractivity contribution in [2.45, 2.75) is 31.8 Å². The van der Waals surface area contributed by atoms with Crippen LogP contribution < -0.4 is 0 Å². The molecule has 2 aliphatic heterocycles. The van der Waals surface area contributed by atoms with Crippen LogP contribution in [-0.2, 0) is 19.1 Å². The van der Waals surface area contributed by atoms with Gasteiger partial charge in [0.15, 0.2) is 0 Å². The molecular formula is C10H12O4. The summed E-state index contributed by atoms with van der Waals surface area (Å²) >= 11 is 0. The highest BCUT2D eigenvalue weighted by molar-refractivity contribution is 6.08. The lowest BCUT2D eigenvalue weighted by atomic mass is 10.0. The molecule has 0 aromatic rings. The Balaban J connectivity index is 1.93. The van der Waals surface area contributed by atoms with E-state index in [1.54, 1.807) is 0 Å². The monoisotopic (exact) mass is 196 g/mol. The fraction of sp³-hybridized carbons (Fsp3) is 0.600. The van der Waals surface area contributed by atoms with Gasteiger partial charge in [-0.25, -0.2) is 9.59 Å². The molecule has 1 fully saturated rings. The Kier molecular flexibility index (Phi) is 2.63. The van der Waals surface area contributed by atoms with Crippen molar-refractivity contribution < 1.29 is 19.1 Å². The maximum atomic E-state index is 11.1. The average Bonchev–Trinajstić information content (AvgIpc) is 2.47. The van der Waals surface area contributed by atoms with Gasteiger partial charge >= 0.3 is 11.9 Å². The Morgan fingerprint density at radius 1 is 1.36 bits per heavy atom. The van der Waals surface area contributed by atoms with E-state index in [4.69, 9.17) is 4.74 Å². The normalized spacial score (nSPS) is 27.4. The van der Waals surface area contributed by atoms with E-state index >= 15 is 0 Å². The first kappa shape index (κ1) is 9.40. The van der Waals surface area contributed by atoms with Crippen LogP contribution in [0.3, 0.4) is 0 Å². The van der Waals surface area contributed by atoms with Gasteiger partial charge in [-0.15, -0.1) is 0 Å². The van der Waals surface area contributed by atoms with Gasteiger partial charge in [-0.3, -0.25) is 0 Å². The molecule has 0 N–H and O–H groups in total. The molecule has 0 bridgehead atoms. The Hall–Kier alpha value is -1.16. The molecule has 0 radical (unpaired) electrons. The van der Waals surface area contributed by atoms with Crippen LogP contribution in [0.5, 0.6) is 0 Å². The van der Waals surface area contributed by atoms with Crippen molar-refractivity contribution in [3.8, 4) is 0 Å². The summed E-state index contributed by atoms with van der Waals surface area (Å²) in [5, 5.41) is 0. The highest BCUT2D eigenvalue weighted by Gasteiger charge is 2.27. The van der Waals surface area contributed by atoms with Crippen molar-refractivity contribution in [1.29, 1.82) is 0 Å². The SMILES string of the molecule is O=C1C=C(CC2CCCCO2)C(=O)O1. The average molecular weight is 196 g/mol. The van der Waals surface area contributed by atoms with Crippen molar-refractivity contribution in [3.05, 3.63) is 11.6 Å². The molecule has 76 valence electrons. The molecule has 0 aromatic carbocycles. The van der Waals surface area contributed by atoms with Crippen molar-refractivity contribution in [1.82, 2.24) is 0 Å². The summed E-state index contributed by atoms with van der Waals surface area (Å²) in [5.74, 6) is -1.06. The number of hydrogen-bond acceptors (Lipinski definition) is 4. The molecule has 0 aliphatic carbocycles. The smallest absolute Gasteiger partial charge is 0.342 e. The van der Waals surface area contributed by atoms with E-state index in [2.05, 4.69) is 4.74 Å². The van der Waals surface area contributed by atoms with Crippen LogP contribution in [0.4, 0.5) is 0 Å². The van der Waals surface area contributed by atoms with E-state index in [0.29, 0.717) is 12.0 Å². The number of hydrogen-bond donors (Lipinski definition) is 0. The van der Waals surface area contributed by atoms with Gasteiger partial charge in [0.05, 0.1) is 6.10 Å². The molecular weight excluding hydrogens is 184 g/mol. The first-order chi connectivity index (χ1) is 6.75. The molecule has 0 spiro atoms. The van der Waals surface area contributed by atoms with Gasteiger partial charge in [0, 0.05) is 24.7 Å². The quantitative estimate of drug-likeness (QED) is 0.487. The van der Waals surface area contributed by atoms with Gasteiger partial charge in [-0.1, -0.05) is 0 Å². The molecule has 4 heteroatoms. The standard InChI is InChI=1S/C10H12O4/c11-9-6-7(10(12)14-9)5-8-3-1-2-4-13-8/h6,8H,1-5H2. The van der Waals surface area contributed by atoms with E-state index in [0.717, 1.165) is 25.9 Å². The van der Waals surface area contributed by atoms with Crippen molar-refractivity contribution in [3.63, 3.8) is 0 Å². The highest BCUT2D eigenvalue weighted by Crippen LogP contribution is 2.22. The second-order valence-electron chi connectivity index (χ2n) is 3.57. The molecule has 1 unspecified atom stereocenters. The van der Waals surface area contributed by atoms with Crippen LogP contribution in [0.1, 0.15) is 25.7 Å². The van der Waals surface area contributed by atoms with Gasteiger partial charge in [0.25, 0.3) is 0 Å². The molecule has 1 atom stereocenters. The van der Waals surface area contributed by atoms with Crippen molar-refractivity contribution >= 4 is 11.9 Å². The largest absolute Gasteiger partial charge is 0.386 e. The fourth-order valence-corrected chi connectivity index (χ4v) is 1.74. The molecule has 2 rings (SSSR count). The van der Waals surface area contributed by atoms with Crippen LogP contribution in [0.25, 0.3) is 0 Å². The third-order valence-corrected chi connectivity index (χ3v) is 2.47. The zero-order valence-electron chi connectivity index (χ0n) is 7.82. The summed E-state index contributed by atoms with van der Waals surface area (Å²) in [7, 11) is 0. The highest BCUT2D eigenvalue weighted by atomic mass is 16.6. The first-order valence-corrected chi connectivity index (χ1v) is 4.84. The topological polar surface area (TPSA) is 52.6 Å². The number of rotatable bonds is 2. The zero-order chi connectivity index (χ0) is 9.97. The Bertz CT molecular complexity index is 286. The van der Waals surface area contributed by atoms with Gasteiger partial charge in [0.1, 0.15) is 0 Å². The van der Waals surface area contributed by atoms with Crippen LogP contribution in [0.15, 0.2) is 11.6 Å². The van der Waals surface area contributed by atoms with Gasteiger partial charge in [-0.05, 0) is 19.3 Å². The van der Waals surface area contributed by atoms with Gasteiger partial charge in [-0.2, -0.15) is 0 Å². The first-order valence-electron chi connectivity index (χ1n) is 4.84. The third-order valence-electron chi connectivity index (χ3n) is 2.47. The number of cyclic esters (lactones) is 2. The maximum Gasteiger partial charge on any atom is 0.342 e. The van der Waals surface area contributed by atoms with E-state index in [9.17, 15) is 9.59 Å². The molecule has 0 saturated carbocycles. The van der Waals surface area contributed by atoms with Crippen LogP contribution in [-0.4, -0.2) is 24.6 Å². The second kappa shape index (κ2) is 3.92. The summed E-state index contributed by atoms with van der Waals surface area (Å²) in [4.78, 5) is 21.8. The molecule has 2 aliphatic rings. The minimum Gasteiger partial charge on any atom is -0.386 e. The molecule has 2 heterocycles. The van der Waals surface area contributed by atoms with Gasteiger partial charge in [0.2, 0.25) is 0 Å². The predicted octanol–water partition coefficient (Wildman–Crippen LogP) is 0.955. The fourth-order valence-electron chi connectivity index (χ4n) is 1.74. The van der Waals surface area contributed by atoms with Crippen LogP contribution >= 0.6 is 0 Å². The summed E-state index contributed by atoms with van der Waals surface area (Å²) in [5.41, 5.74) is 0.446. The predicted molar refractivity (Wildman–Crippen MR) is 47.4 cm³/mol. The van der Waals surface area contributed by atoms with Gasteiger partial charge < -0.3 is 9.47 Å². The van der Waals surface area contributed by atoms with Crippen molar-refractivity contribution in [2.24, 2.45) is 0 Å². The van der Waals surface area contributed by atoms with E-state index in [1.165, 1.54) is 6.08 Å². The molecule has 1 saturated heterocycles. The zero-order valence-corrected chi connectivity index (χ0v) is 7.82. The molecule has 14 heavy (non-hydrogen) atoms. The van der Waals surface area contributed by atoms with Crippen LogP contribution in [0, 0.1) is 0 Å². The number of carbonyl (C=O) groups is 2. The van der Waals surface area contributed by atoms with E-state index in [1.807, 2.05) is 0 Å². The Morgan fingerprint density at radius 2 is 2.21 bits per heavy atom. The summed E-state index contributed by atoms with van der Waals surface area (Å²) < 4.78 is 9.85. The lowest BCUT2D eigenvalue weighted by Gasteiger charge is -2.21. The number of esters is 2. The number of ether oxygens (including phenoxy) is 2. The maximum absolute atomic E-state index is 11.1. The Labute approximate surface area is 81.9 Å². The minimum atomic E-state index is -0.555. The van der Waals surface area contributed by atoms with Crippen molar-refractivity contribution in [2.75, 3.05) is 6.61 Å². The second-order valence-corrected chi connectivity index (χ2v) is 3.57. The Morgan fingerprint density at radius 3 is 2.79 bits per heavy atom. The molecule has 4 nitrogen and oxygen atoms in total. The summed E-state index contributed by atoms with van der Waals surface area (Å²) in [6.07, 6.45) is 5.01. The third kappa shape index (κ3) is 2.01. The van der Waals surface area contributed by atoms with Crippen LogP contribution in [0.2, 0.25) is 0 Å². The van der Waals surface area contributed by atoms with E-state index < -0.39 is 11.9 Å². The lowest BCUT2D eigenvalue weighted by Crippen LogP contribution is -2.20. The lowest BCUT2D eigenvalue weighted by molar-refractivity contribution is -0.150. The molecule has 0 aromatic heterocycles. The summed E-state index contributed by atoms with van der Waals surface area (Å²) in [6.45, 7) is 0.751. The van der Waals surface area contributed by atoms with E-state index in [-0.39, 0.29) is 6.10 Å². The summed E-state index contributed by atoms with van der Waals surface area (Å²) in [6, 6.07) is 0. The molecule has 0 amide bonds. The minimum absolute atomic E-state index is 0.0773.